The molecule has 6 heteroatoms. The van der Waals surface area contributed by atoms with E-state index in [1.165, 1.54) is 13.2 Å². The van der Waals surface area contributed by atoms with Gasteiger partial charge in [0.15, 0.2) is 0 Å². The monoisotopic (exact) mass is 305 g/mol. The van der Waals surface area contributed by atoms with Crippen LogP contribution in [0.2, 0.25) is 0 Å². The number of carbonyl (C=O) groups is 2. The molecule has 0 atom stereocenters. The zero-order chi connectivity index (χ0) is 16.7. The first-order valence-electron chi connectivity index (χ1n) is 6.94. The molecule has 0 saturated heterocycles. The number of hydrogen-bond acceptors (Lipinski definition) is 4. The lowest BCUT2D eigenvalue weighted by Crippen LogP contribution is -2.38. The van der Waals surface area contributed by atoms with Crippen molar-refractivity contribution in [3.63, 3.8) is 0 Å². The van der Waals surface area contributed by atoms with Gasteiger partial charge >= 0.3 is 0 Å². The quantitative estimate of drug-likeness (QED) is 0.552. The van der Waals surface area contributed by atoms with Crippen LogP contribution in [0.3, 0.4) is 0 Å². The molecule has 0 fully saturated rings. The van der Waals surface area contributed by atoms with Crippen molar-refractivity contribution in [2.24, 2.45) is 0 Å². The fourth-order valence-electron chi connectivity index (χ4n) is 2.10. The maximum absolute atomic E-state index is 12.0. The van der Waals surface area contributed by atoms with Gasteiger partial charge in [0.25, 0.3) is 5.91 Å². The second-order valence-corrected chi connectivity index (χ2v) is 5.20. The summed E-state index contributed by atoms with van der Waals surface area (Å²) in [6.07, 6.45) is 1.38. The molecule has 0 radical (unpaired) electrons. The third kappa shape index (κ3) is 5.57. The topological polar surface area (TPSA) is 79.5 Å². The first-order valence-corrected chi connectivity index (χ1v) is 6.94. The average Bonchev–Trinajstić information content (AvgIpc) is 2.41. The second kappa shape index (κ2) is 8.19. The van der Waals surface area contributed by atoms with Crippen molar-refractivity contribution in [1.29, 1.82) is 0 Å². The summed E-state index contributed by atoms with van der Waals surface area (Å²) in [4.78, 5) is 23.2. The Morgan fingerprint density at radius 2 is 1.73 bits per heavy atom. The Morgan fingerprint density at radius 3 is 2.27 bits per heavy atom. The lowest BCUT2D eigenvalue weighted by molar-refractivity contribution is -0.125. The van der Waals surface area contributed by atoms with Gasteiger partial charge < -0.3 is 15.5 Å². The van der Waals surface area contributed by atoms with Crippen LogP contribution in [-0.2, 0) is 14.3 Å². The standard InChI is InChI=1S/C16H23N3O3/c1-10-6-11(2)16(12(3)7-10)17-14(20)8-13(4)18-19-15(21)9-22-5/h6-8,18H,9H2,1-5H3,(H,17,20)(H,19,21). The SMILES string of the molecule is COCC(=O)NNC(C)=CC(=O)Nc1c(C)cc(C)cc1C. The van der Waals surface area contributed by atoms with Crippen LogP contribution >= 0.6 is 0 Å². The van der Waals surface area contributed by atoms with Crippen LogP contribution < -0.4 is 16.2 Å². The Kier molecular flexibility index (Phi) is 6.59. The number of carbonyl (C=O) groups excluding carboxylic acids is 2. The molecule has 0 aliphatic carbocycles. The van der Waals surface area contributed by atoms with Gasteiger partial charge in [-0.05, 0) is 38.8 Å². The molecule has 0 aliphatic heterocycles. The molecule has 0 bridgehead atoms. The van der Waals surface area contributed by atoms with Crippen molar-refractivity contribution in [2.75, 3.05) is 19.0 Å². The summed E-state index contributed by atoms with van der Waals surface area (Å²) in [5.74, 6) is -0.582. The molecule has 22 heavy (non-hydrogen) atoms. The first-order chi connectivity index (χ1) is 10.3. The predicted octanol–water partition coefficient (Wildman–Crippen LogP) is 1.72. The maximum Gasteiger partial charge on any atom is 0.264 e. The summed E-state index contributed by atoms with van der Waals surface area (Å²) in [5.41, 5.74) is 9.57. The van der Waals surface area contributed by atoms with Gasteiger partial charge in [0.05, 0.1) is 0 Å². The number of nitrogens with one attached hydrogen (secondary N) is 3. The van der Waals surface area contributed by atoms with Crippen LogP contribution in [0.4, 0.5) is 5.69 Å². The Morgan fingerprint density at radius 1 is 1.14 bits per heavy atom. The van der Waals surface area contributed by atoms with Crippen LogP contribution in [-0.4, -0.2) is 25.5 Å². The van der Waals surface area contributed by atoms with Gasteiger partial charge in [-0.15, -0.1) is 0 Å². The van der Waals surface area contributed by atoms with E-state index in [1.54, 1.807) is 6.92 Å². The number of aryl methyl sites for hydroxylation is 3. The van der Waals surface area contributed by atoms with Gasteiger partial charge in [0.2, 0.25) is 5.91 Å². The van der Waals surface area contributed by atoms with E-state index >= 15 is 0 Å². The zero-order valence-corrected chi connectivity index (χ0v) is 13.7. The third-order valence-electron chi connectivity index (χ3n) is 2.95. The molecule has 1 aromatic carbocycles. The van der Waals surface area contributed by atoms with Crippen molar-refractivity contribution in [1.82, 2.24) is 10.9 Å². The molecular formula is C16H23N3O3. The fraction of sp³-hybridized carbons (Fsp3) is 0.375. The molecule has 0 aromatic heterocycles. The number of hydrogen-bond donors (Lipinski definition) is 3. The number of anilines is 1. The predicted molar refractivity (Wildman–Crippen MR) is 86.2 cm³/mol. The van der Waals surface area contributed by atoms with E-state index in [2.05, 4.69) is 20.9 Å². The Hall–Kier alpha value is -2.34. The maximum atomic E-state index is 12.0. The van der Waals surface area contributed by atoms with Gasteiger partial charge in [-0.2, -0.15) is 0 Å². The Balaban J connectivity index is 2.66. The smallest absolute Gasteiger partial charge is 0.264 e. The van der Waals surface area contributed by atoms with Crippen molar-refractivity contribution in [3.05, 3.63) is 40.6 Å². The lowest BCUT2D eigenvalue weighted by Gasteiger charge is -2.12. The van der Waals surface area contributed by atoms with Crippen molar-refractivity contribution >= 4 is 17.5 Å². The van der Waals surface area contributed by atoms with Crippen LogP contribution in [0.15, 0.2) is 23.9 Å². The average molecular weight is 305 g/mol. The summed E-state index contributed by atoms with van der Waals surface area (Å²) < 4.78 is 4.68. The molecule has 1 rings (SSSR count). The largest absolute Gasteiger partial charge is 0.375 e. The van der Waals surface area contributed by atoms with Crippen molar-refractivity contribution in [3.8, 4) is 0 Å². The highest BCUT2D eigenvalue weighted by Crippen LogP contribution is 2.21. The molecule has 2 amide bonds. The number of rotatable bonds is 6. The second-order valence-electron chi connectivity index (χ2n) is 5.20. The minimum absolute atomic E-state index is 0.0474. The highest BCUT2D eigenvalue weighted by Gasteiger charge is 2.07. The van der Waals surface area contributed by atoms with Crippen LogP contribution in [0.25, 0.3) is 0 Å². The summed E-state index contributed by atoms with van der Waals surface area (Å²) >= 11 is 0. The minimum atomic E-state index is -0.319. The molecule has 6 nitrogen and oxygen atoms in total. The van der Waals surface area contributed by atoms with E-state index in [-0.39, 0.29) is 18.4 Å². The summed E-state index contributed by atoms with van der Waals surface area (Å²) in [5, 5.41) is 2.86. The zero-order valence-electron chi connectivity index (χ0n) is 13.7. The Bertz CT molecular complexity index is 571. The highest BCUT2D eigenvalue weighted by molar-refractivity contribution is 6.00. The molecule has 0 aliphatic rings. The van der Waals surface area contributed by atoms with Crippen molar-refractivity contribution < 1.29 is 14.3 Å². The van der Waals surface area contributed by atoms with Gasteiger partial charge in [0, 0.05) is 24.6 Å². The van der Waals surface area contributed by atoms with E-state index in [0.29, 0.717) is 5.70 Å². The number of amides is 2. The molecule has 3 N–H and O–H groups in total. The molecule has 0 heterocycles. The Labute approximate surface area is 130 Å². The highest BCUT2D eigenvalue weighted by atomic mass is 16.5. The number of ether oxygens (including phenoxy) is 1. The number of methoxy groups -OCH3 is 1. The molecule has 1 aromatic rings. The van der Waals surface area contributed by atoms with Crippen LogP contribution in [0.1, 0.15) is 23.6 Å². The fourth-order valence-corrected chi connectivity index (χ4v) is 2.10. The third-order valence-corrected chi connectivity index (χ3v) is 2.95. The summed E-state index contributed by atoms with van der Waals surface area (Å²) in [7, 11) is 1.43. The van der Waals surface area contributed by atoms with Gasteiger partial charge in [-0.25, -0.2) is 0 Å². The van der Waals surface area contributed by atoms with E-state index < -0.39 is 0 Å². The molecule has 120 valence electrons. The minimum Gasteiger partial charge on any atom is -0.375 e. The van der Waals surface area contributed by atoms with Crippen LogP contribution in [0.5, 0.6) is 0 Å². The molecule has 0 spiro atoms. The van der Waals surface area contributed by atoms with E-state index in [4.69, 9.17) is 0 Å². The number of allylic oxidation sites excluding steroid dienone is 1. The lowest BCUT2D eigenvalue weighted by atomic mass is 10.1. The molecule has 0 saturated carbocycles. The number of hydrazine groups is 1. The molecular weight excluding hydrogens is 282 g/mol. The number of benzene rings is 1. The first kappa shape index (κ1) is 17.7. The van der Waals surface area contributed by atoms with E-state index in [0.717, 1.165) is 22.4 Å². The van der Waals surface area contributed by atoms with Crippen molar-refractivity contribution in [2.45, 2.75) is 27.7 Å². The van der Waals surface area contributed by atoms with Gasteiger partial charge in [-0.3, -0.25) is 15.0 Å². The van der Waals surface area contributed by atoms with Crippen LogP contribution in [0, 0.1) is 20.8 Å². The van der Waals surface area contributed by atoms with Gasteiger partial charge in [0.1, 0.15) is 6.61 Å². The van der Waals surface area contributed by atoms with E-state index in [9.17, 15) is 9.59 Å². The van der Waals surface area contributed by atoms with Gasteiger partial charge in [-0.1, -0.05) is 17.7 Å². The summed E-state index contributed by atoms with van der Waals surface area (Å²) in [6, 6.07) is 4.03. The summed E-state index contributed by atoms with van der Waals surface area (Å²) in [6.45, 7) is 7.56. The normalized spacial score (nSPS) is 11.0. The molecule has 0 unspecified atom stereocenters. The van der Waals surface area contributed by atoms with E-state index in [1.807, 2.05) is 32.9 Å².